The van der Waals surface area contributed by atoms with Crippen molar-refractivity contribution < 1.29 is 29.6 Å². The minimum atomic E-state index is -1.28. The number of aliphatic hydroxyl groups is 3. The van der Waals surface area contributed by atoms with Crippen molar-refractivity contribution in [3.05, 3.63) is 43.0 Å². The van der Waals surface area contributed by atoms with E-state index in [1.165, 1.54) is 17.2 Å². The van der Waals surface area contributed by atoms with Gasteiger partial charge < -0.3 is 30.1 Å². The molecule has 1 aromatic carbocycles. The number of aliphatic hydroxyl groups excluding tert-OH is 3. The summed E-state index contributed by atoms with van der Waals surface area (Å²) in [7, 11) is 0. The molecule has 11 nitrogen and oxygen atoms in total. The van der Waals surface area contributed by atoms with Gasteiger partial charge >= 0.3 is 0 Å². The van der Waals surface area contributed by atoms with E-state index in [9.17, 15) is 20.1 Å². The molecule has 3 heterocycles. The highest BCUT2D eigenvalue weighted by Gasteiger charge is 2.44. The number of nitrogens with one attached hydrogen (secondary N) is 1. The molecule has 0 radical (unpaired) electrons. The number of anilines is 1. The molecule has 4 N–H and O–H groups in total. The van der Waals surface area contributed by atoms with Gasteiger partial charge in [0.15, 0.2) is 29.8 Å². The molecular formula is C18H19N5O6. The molecule has 4 rings (SSSR count). The van der Waals surface area contributed by atoms with Gasteiger partial charge in [-0.25, -0.2) is 15.0 Å². The predicted octanol–water partition coefficient (Wildman–Crippen LogP) is -0.545. The lowest BCUT2D eigenvalue weighted by Gasteiger charge is -2.16. The first kappa shape index (κ1) is 19.2. The first-order valence-corrected chi connectivity index (χ1v) is 8.86. The van der Waals surface area contributed by atoms with Gasteiger partial charge in [-0.15, -0.1) is 0 Å². The predicted molar refractivity (Wildman–Crippen MR) is 98.9 cm³/mol. The summed E-state index contributed by atoms with van der Waals surface area (Å²) in [6.45, 7) is -0.663. The number of para-hydroxylation sites is 1. The summed E-state index contributed by atoms with van der Waals surface area (Å²) in [6, 6.07) is 8.91. The Morgan fingerprint density at radius 3 is 2.69 bits per heavy atom. The van der Waals surface area contributed by atoms with Crippen LogP contribution >= 0.6 is 0 Å². The van der Waals surface area contributed by atoms with Crippen LogP contribution in [0.4, 0.5) is 5.82 Å². The van der Waals surface area contributed by atoms with Crippen LogP contribution in [0.1, 0.15) is 6.23 Å². The van der Waals surface area contributed by atoms with Gasteiger partial charge in [0.2, 0.25) is 0 Å². The number of imidazole rings is 1. The van der Waals surface area contributed by atoms with Gasteiger partial charge in [-0.05, 0) is 12.1 Å². The first-order chi connectivity index (χ1) is 14.1. The Hall–Kier alpha value is -3.12. The number of amides is 1. The van der Waals surface area contributed by atoms with Crippen LogP contribution in [-0.4, -0.2) is 72.3 Å². The second-order valence-electron chi connectivity index (χ2n) is 6.43. The topological polar surface area (TPSA) is 152 Å². The van der Waals surface area contributed by atoms with E-state index in [0.29, 0.717) is 5.75 Å². The van der Waals surface area contributed by atoms with Gasteiger partial charge in [0.1, 0.15) is 30.4 Å². The van der Waals surface area contributed by atoms with Crippen LogP contribution < -0.4 is 10.1 Å². The zero-order valence-corrected chi connectivity index (χ0v) is 15.1. The quantitative estimate of drug-likeness (QED) is 0.426. The van der Waals surface area contributed by atoms with Crippen molar-refractivity contribution >= 4 is 22.9 Å². The normalized spacial score (nSPS) is 24.0. The molecule has 0 spiro atoms. The van der Waals surface area contributed by atoms with E-state index in [0.717, 1.165) is 0 Å². The highest BCUT2D eigenvalue weighted by Crippen LogP contribution is 2.32. The highest BCUT2D eigenvalue weighted by atomic mass is 16.6. The summed E-state index contributed by atoms with van der Waals surface area (Å²) in [4.78, 5) is 24.6. The van der Waals surface area contributed by atoms with Crippen LogP contribution in [0.2, 0.25) is 0 Å². The number of fused-ring (bicyclic) bond motifs is 1. The Morgan fingerprint density at radius 1 is 1.17 bits per heavy atom. The summed E-state index contributed by atoms with van der Waals surface area (Å²) >= 11 is 0. The molecule has 1 saturated heterocycles. The molecule has 1 amide bonds. The largest absolute Gasteiger partial charge is 0.484 e. The molecule has 152 valence electrons. The molecule has 2 aromatic heterocycles. The van der Waals surface area contributed by atoms with Crippen molar-refractivity contribution in [2.75, 3.05) is 18.5 Å². The third-order valence-corrected chi connectivity index (χ3v) is 4.52. The fraction of sp³-hybridized carbons (Fsp3) is 0.333. The van der Waals surface area contributed by atoms with Crippen molar-refractivity contribution in [1.82, 2.24) is 19.5 Å². The fourth-order valence-electron chi connectivity index (χ4n) is 3.07. The SMILES string of the molecule is O=C(COc1ccccc1)Nc1ncnc2c1ncn2[C@@H]1O[C@H](CO)[C@H](O)[C@H]1O. The van der Waals surface area contributed by atoms with Crippen LogP contribution in [-0.2, 0) is 9.53 Å². The van der Waals surface area contributed by atoms with Gasteiger partial charge in [-0.1, -0.05) is 18.2 Å². The molecule has 4 atom stereocenters. The molecule has 0 unspecified atom stereocenters. The van der Waals surface area contributed by atoms with E-state index in [4.69, 9.17) is 9.47 Å². The summed E-state index contributed by atoms with van der Waals surface area (Å²) < 4.78 is 12.3. The average Bonchev–Trinajstić information content (AvgIpc) is 3.29. The van der Waals surface area contributed by atoms with E-state index in [-0.39, 0.29) is 23.6 Å². The van der Waals surface area contributed by atoms with E-state index < -0.39 is 37.1 Å². The molecule has 1 aliphatic heterocycles. The van der Waals surface area contributed by atoms with Crippen molar-refractivity contribution in [3.63, 3.8) is 0 Å². The molecule has 3 aromatic rings. The molecule has 1 aliphatic rings. The summed E-state index contributed by atoms with van der Waals surface area (Å²) in [6.07, 6.45) is -1.86. The van der Waals surface area contributed by atoms with Crippen LogP contribution in [0.15, 0.2) is 43.0 Å². The van der Waals surface area contributed by atoms with E-state index in [1.807, 2.05) is 6.07 Å². The molecule has 0 saturated carbocycles. The van der Waals surface area contributed by atoms with Crippen LogP contribution in [0.5, 0.6) is 5.75 Å². The number of rotatable bonds is 6. The number of aromatic nitrogens is 4. The molecule has 1 fully saturated rings. The zero-order chi connectivity index (χ0) is 20.4. The lowest BCUT2D eigenvalue weighted by molar-refractivity contribution is -0.118. The highest BCUT2D eigenvalue weighted by molar-refractivity contribution is 5.97. The maximum atomic E-state index is 12.2. The molecule has 11 heteroatoms. The minimum Gasteiger partial charge on any atom is -0.484 e. The maximum absolute atomic E-state index is 12.2. The van der Waals surface area contributed by atoms with E-state index >= 15 is 0 Å². The summed E-state index contributed by atoms with van der Waals surface area (Å²) in [5.41, 5.74) is 0.562. The van der Waals surface area contributed by atoms with Gasteiger partial charge in [-0.2, -0.15) is 0 Å². The van der Waals surface area contributed by atoms with Crippen molar-refractivity contribution in [2.24, 2.45) is 0 Å². The van der Waals surface area contributed by atoms with Crippen LogP contribution in [0.3, 0.4) is 0 Å². The second kappa shape index (κ2) is 8.09. The van der Waals surface area contributed by atoms with Gasteiger partial charge in [0, 0.05) is 0 Å². The third-order valence-electron chi connectivity index (χ3n) is 4.52. The molecule has 0 bridgehead atoms. The van der Waals surface area contributed by atoms with Gasteiger partial charge in [0.05, 0.1) is 12.9 Å². The lowest BCUT2D eigenvalue weighted by atomic mass is 10.1. The fourth-order valence-corrected chi connectivity index (χ4v) is 3.07. The summed E-state index contributed by atoms with van der Waals surface area (Å²) in [5.74, 6) is 0.294. The molecule has 29 heavy (non-hydrogen) atoms. The standard InChI is InChI=1S/C18H19N5O6/c24-6-11-14(26)15(27)18(29-11)23-9-21-13-16(19-8-20-17(13)23)22-12(25)7-28-10-4-2-1-3-5-10/h1-5,8-9,11,14-15,18,24,26-27H,6-7H2,(H,19,20,22,25)/t11-,14+,15-,18-/m1/s1. The summed E-state index contributed by atoms with van der Waals surface area (Å²) in [5, 5.41) is 32.0. The van der Waals surface area contributed by atoms with Crippen molar-refractivity contribution in [1.29, 1.82) is 0 Å². The Bertz CT molecular complexity index is 997. The zero-order valence-electron chi connectivity index (χ0n) is 15.1. The van der Waals surface area contributed by atoms with Crippen molar-refractivity contribution in [3.8, 4) is 5.75 Å². The first-order valence-electron chi connectivity index (χ1n) is 8.86. The number of carbonyl (C=O) groups is 1. The maximum Gasteiger partial charge on any atom is 0.263 e. The van der Waals surface area contributed by atoms with Crippen molar-refractivity contribution in [2.45, 2.75) is 24.5 Å². The smallest absolute Gasteiger partial charge is 0.263 e. The van der Waals surface area contributed by atoms with E-state index in [1.54, 1.807) is 24.3 Å². The van der Waals surface area contributed by atoms with Gasteiger partial charge in [0.25, 0.3) is 5.91 Å². The monoisotopic (exact) mass is 401 g/mol. The Labute approximate surface area is 164 Å². The number of carbonyl (C=O) groups excluding carboxylic acids is 1. The molecule has 0 aliphatic carbocycles. The number of hydrogen-bond acceptors (Lipinski definition) is 9. The van der Waals surface area contributed by atoms with Gasteiger partial charge in [-0.3, -0.25) is 9.36 Å². The lowest BCUT2D eigenvalue weighted by Crippen LogP contribution is -2.33. The number of ether oxygens (including phenoxy) is 2. The number of benzene rings is 1. The Balaban J connectivity index is 1.51. The molecular weight excluding hydrogens is 382 g/mol. The van der Waals surface area contributed by atoms with Crippen LogP contribution in [0, 0.1) is 0 Å². The minimum absolute atomic E-state index is 0.169. The van der Waals surface area contributed by atoms with Crippen LogP contribution in [0.25, 0.3) is 11.2 Å². The Morgan fingerprint density at radius 2 is 1.97 bits per heavy atom. The third kappa shape index (κ3) is 3.76. The van der Waals surface area contributed by atoms with E-state index in [2.05, 4.69) is 20.3 Å². The second-order valence-corrected chi connectivity index (χ2v) is 6.43. The number of nitrogens with zero attached hydrogens (tertiary/aromatic N) is 4. The number of hydrogen-bond donors (Lipinski definition) is 4. The average molecular weight is 401 g/mol. The Kier molecular flexibility index (Phi) is 5.36.